The SMILES string of the molecule is O=[N+]([O-])c1ccc(OC2CCC(O)CC2)cc1. The Morgan fingerprint density at radius 2 is 1.76 bits per heavy atom. The van der Waals surface area contributed by atoms with Gasteiger partial charge in [-0.1, -0.05) is 0 Å². The maximum Gasteiger partial charge on any atom is 0.269 e. The molecule has 0 spiro atoms. The molecule has 1 aliphatic carbocycles. The van der Waals surface area contributed by atoms with Gasteiger partial charge in [0.15, 0.2) is 0 Å². The largest absolute Gasteiger partial charge is 0.490 e. The van der Waals surface area contributed by atoms with Crippen LogP contribution in [0.3, 0.4) is 0 Å². The van der Waals surface area contributed by atoms with Gasteiger partial charge >= 0.3 is 0 Å². The second-order valence-corrected chi connectivity index (χ2v) is 4.30. The third kappa shape index (κ3) is 3.17. The highest BCUT2D eigenvalue weighted by molar-refractivity contribution is 5.36. The maximum atomic E-state index is 10.5. The summed E-state index contributed by atoms with van der Waals surface area (Å²) in [6, 6.07) is 6.10. The summed E-state index contributed by atoms with van der Waals surface area (Å²) in [5, 5.41) is 19.8. The summed E-state index contributed by atoms with van der Waals surface area (Å²) in [6.45, 7) is 0. The van der Waals surface area contributed by atoms with Crippen molar-refractivity contribution in [2.24, 2.45) is 0 Å². The third-order valence-corrected chi connectivity index (χ3v) is 2.99. The lowest BCUT2D eigenvalue weighted by molar-refractivity contribution is -0.384. The van der Waals surface area contributed by atoms with Crippen molar-refractivity contribution in [3.8, 4) is 5.75 Å². The Kier molecular flexibility index (Phi) is 3.58. The minimum Gasteiger partial charge on any atom is -0.490 e. The van der Waals surface area contributed by atoms with E-state index < -0.39 is 4.92 Å². The quantitative estimate of drug-likeness (QED) is 0.646. The average molecular weight is 237 g/mol. The number of hydrogen-bond acceptors (Lipinski definition) is 4. The van der Waals surface area contributed by atoms with Crippen molar-refractivity contribution >= 4 is 5.69 Å². The molecule has 1 N–H and O–H groups in total. The number of non-ortho nitro benzene ring substituents is 1. The summed E-state index contributed by atoms with van der Waals surface area (Å²) in [5.41, 5.74) is 0.0661. The van der Waals surface area contributed by atoms with Crippen LogP contribution in [0.5, 0.6) is 5.75 Å². The summed E-state index contributed by atoms with van der Waals surface area (Å²) in [5.74, 6) is 0.650. The molecule has 0 saturated heterocycles. The first kappa shape index (κ1) is 11.9. The van der Waals surface area contributed by atoms with Crippen molar-refractivity contribution in [1.82, 2.24) is 0 Å². The van der Waals surface area contributed by atoms with Gasteiger partial charge in [0.25, 0.3) is 5.69 Å². The fraction of sp³-hybridized carbons (Fsp3) is 0.500. The molecule has 0 atom stereocenters. The molecular weight excluding hydrogens is 222 g/mol. The molecule has 1 fully saturated rings. The van der Waals surface area contributed by atoms with Crippen molar-refractivity contribution in [2.45, 2.75) is 37.9 Å². The Bertz CT molecular complexity index is 382. The number of aliphatic hydroxyl groups is 1. The monoisotopic (exact) mass is 237 g/mol. The first-order valence-electron chi connectivity index (χ1n) is 5.74. The minimum atomic E-state index is -0.430. The van der Waals surface area contributed by atoms with Crippen LogP contribution in [0, 0.1) is 10.1 Å². The number of nitrogens with zero attached hydrogens (tertiary/aromatic N) is 1. The molecule has 1 aromatic carbocycles. The van der Waals surface area contributed by atoms with E-state index in [9.17, 15) is 15.2 Å². The minimum absolute atomic E-state index is 0.0661. The van der Waals surface area contributed by atoms with E-state index in [4.69, 9.17) is 4.74 Å². The van der Waals surface area contributed by atoms with Gasteiger partial charge in [-0.2, -0.15) is 0 Å². The number of hydrogen-bond donors (Lipinski definition) is 1. The van der Waals surface area contributed by atoms with Crippen molar-refractivity contribution in [2.75, 3.05) is 0 Å². The zero-order valence-electron chi connectivity index (χ0n) is 9.41. The summed E-state index contributed by atoms with van der Waals surface area (Å²) in [6.07, 6.45) is 3.09. The van der Waals surface area contributed by atoms with E-state index in [1.807, 2.05) is 0 Å². The van der Waals surface area contributed by atoms with E-state index in [1.165, 1.54) is 12.1 Å². The third-order valence-electron chi connectivity index (χ3n) is 2.99. The number of ether oxygens (including phenoxy) is 1. The summed E-state index contributed by atoms with van der Waals surface area (Å²) in [4.78, 5) is 10.0. The van der Waals surface area contributed by atoms with Gasteiger partial charge < -0.3 is 9.84 Å². The van der Waals surface area contributed by atoms with E-state index in [1.54, 1.807) is 12.1 Å². The molecule has 0 unspecified atom stereocenters. The van der Waals surface area contributed by atoms with Crippen LogP contribution in [0.25, 0.3) is 0 Å². The lowest BCUT2D eigenvalue weighted by atomic mass is 9.95. The maximum absolute atomic E-state index is 10.5. The Morgan fingerprint density at radius 3 is 2.29 bits per heavy atom. The highest BCUT2D eigenvalue weighted by Gasteiger charge is 2.20. The average Bonchev–Trinajstić information content (AvgIpc) is 2.33. The van der Waals surface area contributed by atoms with Crippen molar-refractivity contribution < 1.29 is 14.8 Å². The Hall–Kier alpha value is -1.62. The molecule has 0 aliphatic heterocycles. The molecule has 0 bridgehead atoms. The molecule has 92 valence electrons. The zero-order chi connectivity index (χ0) is 12.3. The molecular formula is C12H15NO4. The van der Waals surface area contributed by atoms with E-state index in [0.717, 1.165) is 25.7 Å². The van der Waals surface area contributed by atoms with Gasteiger partial charge in [-0.15, -0.1) is 0 Å². The van der Waals surface area contributed by atoms with Gasteiger partial charge in [0, 0.05) is 12.1 Å². The van der Waals surface area contributed by atoms with Gasteiger partial charge in [0.1, 0.15) is 5.75 Å². The normalized spacial score (nSPS) is 24.3. The second kappa shape index (κ2) is 5.14. The van der Waals surface area contributed by atoms with Crippen molar-refractivity contribution in [3.63, 3.8) is 0 Å². The predicted octanol–water partition coefficient (Wildman–Crippen LogP) is 2.28. The predicted molar refractivity (Wildman–Crippen MR) is 62.0 cm³/mol. The Labute approximate surface area is 99.2 Å². The number of benzene rings is 1. The van der Waals surface area contributed by atoms with Crippen LogP contribution in [-0.4, -0.2) is 22.2 Å². The van der Waals surface area contributed by atoms with Gasteiger partial charge in [-0.25, -0.2) is 0 Å². The van der Waals surface area contributed by atoms with E-state index in [-0.39, 0.29) is 17.9 Å². The van der Waals surface area contributed by atoms with Crippen LogP contribution in [0.1, 0.15) is 25.7 Å². The number of nitro groups is 1. The molecule has 5 heteroatoms. The van der Waals surface area contributed by atoms with Crippen LogP contribution < -0.4 is 4.74 Å². The van der Waals surface area contributed by atoms with Gasteiger partial charge in [-0.3, -0.25) is 10.1 Å². The highest BCUT2D eigenvalue weighted by Crippen LogP contribution is 2.25. The fourth-order valence-electron chi connectivity index (χ4n) is 2.00. The standard InChI is InChI=1S/C12H15NO4/c14-10-3-7-12(8-4-10)17-11-5-1-9(2-6-11)13(15)16/h1-2,5-6,10,12,14H,3-4,7-8H2. The molecule has 0 radical (unpaired) electrons. The summed E-state index contributed by atoms with van der Waals surface area (Å²) < 4.78 is 5.70. The van der Waals surface area contributed by atoms with Crippen molar-refractivity contribution in [3.05, 3.63) is 34.4 Å². The van der Waals surface area contributed by atoms with Gasteiger partial charge in [0.2, 0.25) is 0 Å². The number of aliphatic hydroxyl groups excluding tert-OH is 1. The molecule has 5 nitrogen and oxygen atoms in total. The van der Waals surface area contributed by atoms with Crippen LogP contribution in [0.15, 0.2) is 24.3 Å². The first-order chi connectivity index (χ1) is 8.15. The first-order valence-corrected chi connectivity index (χ1v) is 5.74. The van der Waals surface area contributed by atoms with Crippen LogP contribution in [0.2, 0.25) is 0 Å². The molecule has 17 heavy (non-hydrogen) atoms. The number of rotatable bonds is 3. The van der Waals surface area contributed by atoms with Crippen LogP contribution in [-0.2, 0) is 0 Å². The molecule has 1 aliphatic rings. The Morgan fingerprint density at radius 1 is 1.18 bits per heavy atom. The van der Waals surface area contributed by atoms with Gasteiger partial charge in [0.05, 0.1) is 17.1 Å². The summed E-state index contributed by atoms with van der Waals surface area (Å²) >= 11 is 0. The molecule has 0 amide bonds. The fourth-order valence-corrected chi connectivity index (χ4v) is 2.00. The molecule has 1 aromatic rings. The Balaban J connectivity index is 1.92. The van der Waals surface area contributed by atoms with Crippen LogP contribution >= 0.6 is 0 Å². The van der Waals surface area contributed by atoms with E-state index in [0.29, 0.717) is 5.75 Å². The van der Waals surface area contributed by atoms with Crippen molar-refractivity contribution in [1.29, 1.82) is 0 Å². The second-order valence-electron chi connectivity index (χ2n) is 4.30. The molecule has 0 aromatic heterocycles. The zero-order valence-corrected chi connectivity index (χ0v) is 9.41. The van der Waals surface area contributed by atoms with Gasteiger partial charge in [-0.05, 0) is 37.8 Å². The smallest absolute Gasteiger partial charge is 0.269 e. The molecule has 1 saturated carbocycles. The van der Waals surface area contributed by atoms with E-state index in [2.05, 4.69) is 0 Å². The lowest BCUT2D eigenvalue weighted by Gasteiger charge is -2.26. The lowest BCUT2D eigenvalue weighted by Crippen LogP contribution is -2.26. The molecule has 0 heterocycles. The topological polar surface area (TPSA) is 72.6 Å². The highest BCUT2D eigenvalue weighted by atomic mass is 16.6. The molecule has 2 rings (SSSR count). The summed E-state index contributed by atoms with van der Waals surface area (Å²) in [7, 11) is 0. The van der Waals surface area contributed by atoms with E-state index >= 15 is 0 Å². The van der Waals surface area contributed by atoms with Crippen LogP contribution in [0.4, 0.5) is 5.69 Å². The number of nitro benzene ring substituents is 1.